The van der Waals surface area contributed by atoms with E-state index in [9.17, 15) is 14.7 Å². The van der Waals surface area contributed by atoms with Gasteiger partial charge >= 0.3 is 5.97 Å². The molecule has 0 bridgehead atoms. The van der Waals surface area contributed by atoms with E-state index < -0.39 is 5.97 Å². The molecule has 0 aliphatic heterocycles. The number of carboxylic acid groups (broad SMARTS) is 1. The number of carboxylic acids is 1. The fourth-order valence-electron chi connectivity index (χ4n) is 3.38. The van der Waals surface area contributed by atoms with Crippen LogP contribution in [-0.2, 0) is 18.0 Å². The van der Waals surface area contributed by atoms with Gasteiger partial charge < -0.3 is 15.2 Å². The highest BCUT2D eigenvalue weighted by atomic mass is 16.5. The highest BCUT2D eigenvalue weighted by Gasteiger charge is 2.13. The average Bonchev–Trinajstić information content (AvgIpc) is 2.86. The Balaban J connectivity index is 1.39. The van der Waals surface area contributed by atoms with Crippen LogP contribution in [0.25, 0.3) is 11.1 Å². The average molecular weight is 453 g/mol. The van der Waals surface area contributed by atoms with Gasteiger partial charge in [0.1, 0.15) is 0 Å². The molecule has 170 valence electrons. The lowest BCUT2D eigenvalue weighted by Gasteiger charge is -2.09. The van der Waals surface area contributed by atoms with E-state index in [-0.39, 0.29) is 11.5 Å². The number of amides is 1. The van der Waals surface area contributed by atoms with Crippen LogP contribution in [0.5, 0.6) is 0 Å². The van der Waals surface area contributed by atoms with Crippen molar-refractivity contribution in [2.75, 3.05) is 5.32 Å². The number of carbonyl (C=O) groups is 2. The van der Waals surface area contributed by atoms with Gasteiger partial charge in [-0.1, -0.05) is 42.5 Å². The fourth-order valence-corrected chi connectivity index (χ4v) is 3.38. The van der Waals surface area contributed by atoms with Crippen LogP contribution < -0.4 is 5.32 Å². The van der Waals surface area contributed by atoms with Crippen molar-refractivity contribution in [2.24, 2.45) is 0 Å². The summed E-state index contributed by atoms with van der Waals surface area (Å²) in [7, 11) is 0. The van der Waals surface area contributed by atoms with Crippen LogP contribution in [0.3, 0.4) is 0 Å². The monoisotopic (exact) mass is 453 g/mol. The Morgan fingerprint density at radius 1 is 0.882 bits per heavy atom. The van der Waals surface area contributed by atoms with Crippen LogP contribution >= 0.6 is 0 Å². The molecule has 2 aromatic carbocycles. The van der Waals surface area contributed by atoms with E-state index in [1.165, 1.54) is 12.3 Å². The maximum absolute atomic E-state index is 12.8. The first-order chi connectivity index (χ1) is 16.5. The molecule has 0 aliphatic rings. The molecule has 0 radical (unpaired) electrons. The first-order valence-electron chi connectivity index (χ1n) is 10.7. The number of rotatable bonds is 8. The van der Waals surface area contributed by atoms with E-state index in [1.807, 2.05) is 54.6 Å². The summed E-state index contributed by atoms with van der Waals surface area (Å²) in [6.07, 6.45) is 4.60. The Bertz CT molecular complexity index is 1310. The summed E-state index contributed by atoms with van der Waals surface area (Å²) in [4.78, 5) is 32.4. The molecule has 7 nitrogen and oxygen atoms in total. The smallest absolute Gasteiger partial charge is 0.337 e. The van der Waals surface area contributed by atoms with Gasteiger partial charge in [0.2, 0.25) is 0 Å². The number of anilines is 1. The molecule has 0 unspecified atom stereocenters. The fraction of sp³-hybridized carbons (Fsp3) is 0.111. The number of aromatic carboxylic acids is 1. The number of aromatic nitrogens is 2. The van der Waals surface area contributed by atoms with E-state index in [0.29, 0.717) is 41.3 Å². The maximum Gasteiger partial charge on any atom is 0.337 e. The van der Waals surface area contributed by atoms with Crippen molar-refractivity contribution >= 4 is 17.6 Å². The van der Waals surface area contributed by atoms with Crippen molar-refractivity contribution < 1.29 is 19.4 Å². The largest absolute Gasteiger partial charge is 0.478 e. The minimum absolute atomic E-state index is 0.111. The van der Waals surface area contributed by atoms with Gasteiger partial charge in [-0.3, -0.25) is 14.8 Å². The summed E-state index contributed by atoms with van der Waals surface area (Å²) >= 11 is 0. The third kappa shape index (κ3) is 5.70. The zero-order valence-corrected chi connectivity index (χ0v) is 18.6. The van der Waals surface area contributed by atoms with Crippen LogP contribution in [0.4, 0.5) is 5.69 Å². The second-order valence-corrected chi connectivity index (χ2v) is 7.75. The maximum atomic E-state index is 12.8. The van der Waals surface area contributed by atoms with E-state index in [1.54, 1.807) is 25.4 Å². The molecule has 2 N–H and O–H groups in total. The van der Waals surface area contributed by atoms with Crippen molar-refractivity contribution in [1.29, 1.82) is 0 Å². The molecule has 34 heavy (non-hydrogen) atoms. The molecule has 7 heteroatoms. The van der Waals surface area contributed by atoms with E-state index in [4.69, 9.17) is 4.74 Å². The van der Waals surface area contributed by atoms with Gasteiger partial charge in [-0.05, 0) is 42.3 Å². The van der Waals surface area contributed by atoms with Crippen molar-refractivity contribution in [2.45, 2.75) is 20.1 Å². The van der Waals surface area contributed by atoms with Crippen LogP contribution in [0.15, 0.2) is 85.3 Å². The van der Waals surface area contributed by atoms with Gasteiger partial charge in [0.15, 0.2) is 0 Å². The summed E-state index contributed by atoms with van der Waals surface area (Å²) in [5.74, 6) is -1.37. The normalized spacial score (nSPS) is 10.6. The second kappa shape index (κ2) is 10.5. The third-order valence-corrected chi connectivity index (χ3v) is 5.24. The topological polar surface area (TPSA) is 101 Å². The molecule has 4 aromatic rings. The van der Waals surface area contributed by atoms with Crippen LogP contribution in [0.2, 0.25) is 0 Å². The lowest BCUT2D eigenvalue weighted by atomic mass is 10.0. The number of hydrogen-bond donors (Lipinski definition) is 2. The zero-order valence-electron chi connectivity index (χ0n) is 18.6. The predicted octanol–water partition coefficient (Wildman–Crippen LogP) is 5.12. The molecule has 4 rings (SSSR count). The highest BCUT2D eigenvalue weighted by molar-refractivity contribution is 6.04. The molecule has 1 amide bonds. The van der Waals surface area contributed by atoms with Crippen LogP contribution in [-0.4, -0.2) is 27.0 Å². The summed E-state index contributed by atoms with van der Waals surface area (Å²) in [6.45, 7) is 2.64. The molecular weight excluding hydrogens is 430 g/mol. The first-order valence-corrected chi connectivity index (χ1v) is 10.7. The minimum Gasteiger partial charge on any atom is -0.478 e. The highest BCUT2D eigenvalue weighted by Crippen LogP contribution is 2.22. The number of hydrogen-bond acceptors (Lipinski definition) is 5. The van der Waals surface area contributed by atoms with E-state index in [2.05, 4.69) is 15.3 Å². The summed E-state index contributed by atoms with van der Waals surface area (Å²) in [5, 5.41) is 12.2. The Morgan fingerprint density at radius 3 is 2.26 bits per heavy atom. The number of aryl methyl sites for hydroxylation is 1. The second-order valence-electron chi connectivity index (χ2n) is 7.75. The number of carbonyl (C=O) groups excluding carboxylic acids is 1. The molecule has 0 saturated carbocycles. The van der Waals surface area contributed by atoms with Gasteiger partial charge in [0.25, 0.3) is 5.91 Å². The number of pyridine rings is 2. The number of nitrogens with one attached hydrogen (secondary N) is 1. The van der Waals surface area contributed by atoms with Gasteiger partial charge in [0.05, 0.1) is 30.0 Å². The quantitative estimate of drug-likeness (QED) is 0.384. The van der Waals surface area contributed by atoms with Crippen molar-refractivity contribution in [3.63, 3.8) is 0 Å². The number of ether oxygens (including phenoxy) is 1. The van der Waals surface area contributed by atoms with Gasteiger partial charge in [-0.25, -0.2) is 4.79 Å². The number of benzene rings is 2. The summed E-state index contributed by atoms with van der Waals surface area (Å²) < 4.78 is 5.74. The molecule has 0 aliphatic carbocycles. The predicted molar refractivity (Wildman–Crippen MR) is 128 cm³/mol. The standard InChI is InChI=1S/C27H23N3O4/c1-18-25(27(32)33)12-22(15-29-18)21-11-23(14-28-13-21)26(31)30-24-9-7-20(8-10-24)17-34-16-19-5-3-2-4-6-19/h2-15H,16-17H2,1H3,(H,30,31)(H,32,33). The van der Waals surface area contributed by atoms with Gasteiger partial charge in [0, 0.05) is 35.4 Å². The third-order valence-electron chi connectivity index (χ3n) is 5.24. The minimum atomic E-state index is -1.05. The molecule has 0 spiro atoms. The first kappa shape index (κ1) is 22.8. The Hall–Kier alpha value is -4.36. The van der Waals surface area contributed by atoms with Crippen molar-refractivity contribution in [3.8, 4) is 11.1 Å². The Labute approximate surface area is 197 Å². The van der Waals surface area contributed by atoms with Crippen LogP contribution in [0.1, 0.15) is 37.5 Å². The van der Waals surface area contributed by atoms with E-state index in [0.717, 1.165) is 11.1 Å². The summed E-state index contributed by atoms with van der Waals surface area (Å²) in [5.41, 5.74) is 4.82. The molecule has 0 atom stereocenters. The van der Waals surface area contributed by atoms with E-state index >= 15 is 0 Å². The molecule has 0 saturated heterocycles. The van der Waals surface area contributed by atoms with Gasteiger partial charge in [-0.2, -0.15) is 0 Å². The van der Waals surface area contributed by atoms with Crippen molar-refractivity contribution in [3.05, 3.63) is 113 Å². The lowest BCUT2D eigenvalue weighted by molar-refractivity contribution is 0.0695. The Kier molecular flexibility index (Phi) is 7.05. The van der Waals surface area contributed by atoms with Crippen LogP contribution in [0, 0.1) is 6.92 Å². The molecular formula is C27H23N3O4. The molecule has 2 aromatic heterocycles. The number of nitrogens with zero attached hydrogens (tertiary/aromatic N) is 2. The molecule has 2 heterocycles. The lowest BCUT2D eigenvalue weighted by Crippen LogP contribution is -2.12. The zero-order chi connectivity index (χ0) is 23.9. The van der Waals surface area contributed by atoms with Gasteiger partial charge in [-0.15, -0.1) is 0 Å². The SMILES string of the molecule is Cc1ncc(-c2cncc(C(=O)Nc3ccc(COCc4ccccc4)cc3)c2)cc1C(=O)O. The Morgan fingerprint density at radius 2 is 1.56 bits per heavy atom. The summed E-state index contributed by atoms with van der Waals surface area (Å²) in [6, 6.07) is 20.6. The van der Waals surface area contributed by atoms with Crippen molar-refractivity contribution in [1.82, 2.24) is 9.97 Å². The molecule has 0 fully saturated rings.